The van der Waals surface area contributed by atoms with E-state index in [1.807, 2.05) is 0 Å². The molecule has 2 nitrogen and oxygen atoms in total. The van der Waals surface area contributed by atoms with Gasteiger partial charge in [0.15, 0.2) is 0 Å². The summed E-state index contributed by atoms with van der Waals surface area (Å²) in [7, 11) is 0. The quantitative estimate of drug-likeness (QED) is 0.309. The largest absolute Gasteiger partial charge is 0.492 e. The molecule has 1 saturated carbocycles. The van der Waals surface area contributed by atoms with Crippen LogP contribution in [0, 0.1) is 17.8 Å². The average Bonchev–Trinajstić information content (AvgIpc) is 2.97. The van der Waals surface area contributed by atoms with Crippen LogP contribution in [0.3, 0.4) is 0 Å². The normalized spacial score (nSPS) is 21.0. The Morgan fingerprint density at radius 1 is 0.647 bits per heavy atom. The molecule has 0 amide bonds. The van der Waals surface area contributed by atoms with E-state index in [9.17, 15) is 0 Å². The zero-order valence-electron chi connectivity index (χ0n) is 20.1. The van der Waals surface area contributed by atoms with Crippen LogP contribution in [-0.2, 0) is 0 Å². The monoisotopic (exact) mass is 452 g/mol. The molecule has 0 unspecified atom stereocenters. The standard InChI is InChI=1S/C32H34O2.H2/c1-2-7-22-12-14-23(15-13-22)26-20-33-29-18-16-24-8-3-5-10-27(24)31(29)32-28-11-6-4-9-25(28)17-19-30(32)34-21-26;/h3-6,8-11,16-19,22-23,26H,2,7,12-15,20-21H2,1H3;1H. The van der Waals surface area contributed by atoms with Crippen molar-refractivity contribution < 1.29 is 10.9 Å². The predicted molar refractivity (Wildman–Crippen MR) is 144 cm³/mol. The van der Waals surface area contributed by atoms with Gasteiger partial charge in [0.1, 0.15) is 11.5 Å². The Hall–Kier alpha value is -3.00. The van der Waals surface area contributed by atoms with Crippen LogP contribution < -0.4 is 9.47 Å². The van der Waals surface area contributed by atoms with Crippen molar-refractivity contribution in [3.05, 3.63) is 72.8 Å². The molecule has 34 heavy (non-hydrogen) atoms. The maximum absolute atomic E-state index is 6.68. The molecule has 1 aliphatic carbocycles. The molecule has 0 N–H and O–H groups in total. The second kappa shape index (κ2) is 9.33. The van der Waals surface area contributed by atoms with E-state index < -0.39 is 0 Å². The maximum Gasteiger partial charge on any atom is 0.127 e. The highest BCUT2D eigenvalue weighted by Gasteiger charge is 2.30. The first-order valence-corrected chi connectivity index (χ1v) is 13.1. The van der Waals surface area contributed by atoms with Gasteiger partial charge in [-0.3, -0.25) is 0 Å². The van der Waals surface area contributed by atoms with Gasteiger partial charge in [0.2, 0.25) is 0 Å². The van der Waals surface area contributed by atoms with E-state index in [1.165, 1.54) is 60.1 Å². The molecule has 0 saturated heterocycles. The number of ether oxygens (including phenoxy) is 2. The Balaban J connectivity index is 0.00000253. The summed E-state index contributed by atoms with van der Waals surface area (Å²) in [6.45, 7) is 3.76. The molecule has 0 aromatic heterocycles. The Morgan fingerprint density at radius 3 is 1.71 bits per heavy atom. The minimum atomic E-state index is 0. The van der Waals surface area contributed by atoms with Crippen LogP contribution in [0.2, 0.25) is 0 Å². The lowest BCUT2D eigenvalue weighted by molar-refractivity contribution is 0.0983. The highest BCUT2D eigenvalue weighted by atomic mass is 16.5. The number of hydrogen-bond donors (Lipinski definition) is 0. The minimum absolute atomic E-state index is 0. The first-order chi connectivity index (χ1) is 16.8. The molecule has 1 heterocycles. The predicted octanol–water partition coefficient (Wildman–Crippen LogP) is 8.90. The van der Waals surface area contributed by atoms with E-state index in [2.05, 4.69) is 79.7 Å². The highest BCUT2D eigenvalue weighted by Crippen LogP contribution is 2.47. The molecule has 1 fully saturated rings. The fourth-order valence-corrected chi connectivity index (χ4v) is 6.33. The zero-order valence-corrected chi connectivity index (χ0v) is 20.1. The van der Waals surface area contributed by atoms with E-state index in [0.29, 0.717) is 11.8 Å². The summed E-state index contributed by atoms with van der Waals surface area (Å²) in [6.07, 6.45) is 8.01. The van der Waals surface area contributed by atoms with Crippen LogP contribution >= 0.6 is 0 Å². The topological polar surface area (TPSA) is 18.5 Å². The molecule has 1 aliphatic heterocycles. The molecule has 0 radical (unpaired) electrons. The van der Waals surface area contributed by atoms with Gasteiger partial charge in [0.05, 0.1) is 13.2 Å². The van der Waals surface area contributed by atoms with Gasteiger partial charge < -0.3 is 9.47 Å². The van der Waals surface area contributed by atoms with Gasteiger partial charge >= 0.3 is 0 Å². The van der Waals surface area contributed by atoms with Gasteiger partial charge in [0.25, 0.3) is 0 Å². The van der Waals surface area contributed by atoms with Crippen LogP contribution in [0.4, 0.5) is 0 Å². The molecule has 2 aliphatic rings. The summed E-state index contributed by atoms with van der Waals surface area (Å²) in [5.41, 5.74) is 2.33. The Kier molecular flexibility index (Phi) is 5.91. The van der Waals surface area contributed by atoms with Gasteiger partial charge in [-0.1, -0.05) is 93.3 Å². The van der Waals surface area contributed by atoms with Crippen molar-refractivity contribution in [1.29, 1.82) is 0 Å². The lowest BCUT2D eigenvalue weighted by Gasteiger charge is -2.33. The Morgan fingerprint density at radius 2 is 1.18 bits per heavy atom. The first kappa shape index (κ1) is 21.5. The van der Waals surface area contributed by atoms with Gasteiger partial charge in [0, 0.05) is 18.5 Å². The lowest BCUT2D eigenvalue weighted by atomic mass is 9.75. The van der Waals surface area contributed by atoms with Crippen LogP contribution in [0.1, 0.15) is 46.9 Å². The molecular weight excluding hydrogens is 416 g/mol. The SMILES string of the molecule is CCCC1CCC(C2COc3ccc4ccccc4c3-c3c(ccc4ccccc34)OC2)CC1.[HH]. The van der Waals surface area contributed by atoms with E-state index in [4.69, 9.17) is 9.47 Å². The fourth-order valence-electron chi connectivity index (χ4n) is 6.33. The summed E-state index contributed by atoms with van der Waals surface area (Å²) in [6, 6.07) is 26.0. The molecule has 4 aromatic rings. The van der Waals surface area contributed by atoms with E-state index in [1.54, 1.807) is 0 Å². The van der Waals surface area contributed by atoms with Crippen LogP contribution in [0.25, 0.3) is 32.7 Å². The van der Waals surface area contributed by atoms with Crippen molar-refractivity contribution in [2.24, 2.45) is 17.8 Å². The highest BCUT2D eigenvalue weighted by molar-refractivity contribution is 6.09. The smallest absolute Gasteiger partial charge is 0.127 e. The summed E-state index contributed by atoms with van der Waals surface area (Å²) >= 11 is 0. The maximum atomic E-state index is 6.68. The molecule has 0 spiro atoms. The van der Waals surface area contributed by atoms with Gasteiger partial charge in [-0.2, -0.15) is 0 Å². The fraction of sp³-hybridized carbons (Fsp3) is 0.375. The Labute approximate surface area is 204 Å². The van der Waals surface area contributed by atoms with Crippen LogP contribution in [0.5, 0.6) is 11.5 Å². The summed E-state index contributed by atoms with van der Waals surface area (Å²) in [5, 5.41) is 4.90. The summed E-state index contributed by atoms with van der Waals surface area (Å²) < 4.78 is 13.4. The molecule has 0 bridgehead atoms. The van der Waals surface area contributed by atoms with Crippen molar-refractivity contribution in [1.82, 2.24) is 0 Å². The summed E-state index contributed by atoms with van der Waals surface area (Å²) in [5.74, 6) is 3.97. The molecule has 2 heteroatoms. The number of hydrogen-bond acceptors (Lipinski definition) is 2. The Bertz CT molecular complexity index is 1220. The molecule has 0 atom stereocenters. The van der Waals surface area contributed by atoms with Gasteiger partial charge in [-0.15, -0.1) is 0 Å². The van der Waals surface area contributed by atoms with Gasteiger partial charge in [-0.05, 0) is 58.4 Å². The van der Waals surface area contributed by atoms with Crippen LogP contribution in [0.15, 0.2) is 72.8 Å². The van der Waals surface area contributed by atoms with Crippen molar-refractivity contribution in [3.8, 4) is 22.6 Å². The third-order valence-electron chi connectivity index (χ3n) is 8.19. The van der Waals surface area contributed by atoms with Crippen molar-refractivity contribution >= 4 is 21.5 Å². The molecule has 6 rings (SSSR count). The molecular formula is C32H36O2. The lowest BCUT2D eigenvalue weighted by Crippen LogP contribution is -2.30. The van der Waals surface area contributed by atoms with E-state index in [-0.39, 0.29) is 1.43 Å². The van der Waals surface area contributed by atoms with Crippen molar-refractivity contribution in [2.75, 3.05) is 13.2 Å². The van der Waals surface area contributed by atoms with Crippen molar-refractivity contribution in [3.63, 3.8) is 0 Å². The molecule has 4 aromatic carbocycles. The number of benzene rings is 4. The number of rotatable bonds is 3. The molecule has 176 valence electrons. The second-order valence-electron chi connectivity index (χ2n) is 10.3. The number of fused-ring (bicyclic) bond motifs is 7. The van der Waals surface area contributed by atoms with E-state index >= 15 is 0 Å². The van der Waals surface area contributed by atoms with E-state index in [0.717, 1.165) is 41.8 Å². The third-order valence-corrected chi connectivity index (χ3v) is 8.19. The minimum Gasteiger partial charge on any atom is -0.492 e. The summed E-state index contributed by atoms with van der Waals surface area (Å²) in [4.78, 5) is 0. The average molecular weight is 453 g/mol. The first-order valence-electron chi connectivity index (χ1n) is 13.1. The third kappa shape index (κ3) is 3.94. The zero-order chi connectivity index (χ0) is 22.9. The second-order valence-corrected chi connectivity index (χ2v) is 10.3. The van der Waals surface area contributed by atoms with Crippen molar-refractivity contribution in [2.45, 2.75) is 45.4 Å². The van der Waals surface area contributed by atoms with Gasteiger partial charge in [-0.25, -0.2) is 0 Å². The van der Waals surface area contributed by atoms with Crippen LogP contribution in [-0.4, -0.2) is 13.2 Å².